The van der Waals surface area contributed by atoms with Crippen molar-refractivity contribution in [2.75, 3.05) is 20.2 Å². The van der Waals surface area contributed by atoms with Gasteiger partial charge < -0.3 is 15.4 Å². The molecular formula is C14H19N3O4. The molecule has 7 nitrogen and oxygen atoms in total. The van der Waals surface area contributed by atoms with Gasteiger partial charge in [-0.05, 0) is 24.5 Å². The molecule has 0 spiro atoms. The number of nitro benzene ring substituents is 1. The normalized spacial score (nSPS) is 13.8. The van der Waals surface area contributed by atoms with Crippen molar-refractivity contribution in [2.24, 2.45) is 5.92 Å². The van der Waals surface area contributed by atoms with Gasteiger partial charge in [0.05, 0.1) is 12.0 Å². The van der Waals surface area contributed by atoms with Crippen molar-refractivity contribution >= 4 is 11.6 Å². The topological polar surface area (TPSA) is 93.5 Å². The lowest BCUT2D eigenvalue weighted by Gasteiger charge is -2.08. The van der Waals surface area contributed by atoms with Crippen molar-refractivity contribution in [3.63, 3.8) is 0 Å². The minimum atomic E-state index is -0.460. The Morgan fingerprint density at radius 3 is 2.81 bits per heavy atom. The molecule has 0 aromatic heterocycles. The molecule has 0 bridgehead atoms. The van der Waals surface area contributed by atoms with Crippen LogP contribution in [-0.2, 0) is 11.3 Å². The number of amides is 1. The Morgan fingerprint density at radius 1 is 1.43 bits per heavy atom. The van der Waals surface area contributed by atoms with E-state index in [1.807, 2.05) is 0 Å². The fourth-order valence-corrected chi connectivity index (χ4v) is 1.98. The van der Waals surface area contributed by atoms with Crippen LogP contribution in [0.1, 0.15) is 18.4 Å². The molecule has 1 aromatic carbocycles. The summed E-state index contributed by atoms with van der Waals surface area (Å²) in [6, 6.07) is 4.86. The monoisotopic (exact) mass is 293 g/mol. The van der Waals surface area contributed by atoms with Crippen LogP contribution in [0, 0.1) is 16.0 Å². The van der Waals surface area contributed by atoms with Crippen LogP contribution in [0.2, 0.25) is 0 Å². The highest BCUT2D eigenvalue weighted by Crippen LogP contribution is 2.28. The Balaban J connectivity index is 1.76. The van der Waals surface area contributed by atoms with Crippen molar-refractivity contribution in [2.45, 2.75) is 19.4 Å². The molecule has 1 aliphatic rings. The second kappa shape index (κ2) is 7.03. The number of carbonyl (C=O) groups excluding carboxylic acids is 1. The van der Waals surface area contributed by atoms with E-state index in [9.17, 15) is 14.9 Å². The molecule has 1 fully saturated rings. The number of hydrogen-bond donors (Lipinski definition) is 2. The number of methoxy groups -OCH3 is 1. The predicted octanol–water partition coefficient (Wildman–Crippen LogP) is 1.22. The SMILES string of the molecule is COc1ccc(CNCCNC(=O)C2CC2)cc1[N+](=O)[O-]. The average molecular weight is 293 g/mol. The Labute approximate surface area is 122 Å². The number of nitrogens with one attached hydrogen (secondary N) is 2. The Morgan fingerprint density at radius 2 is 2.19 bits per heavy atom. The lowest BCUT2D eigenvalue weighted by atomic mass is 10.2. The molecule has 0 saturated heterocycles. The van der Waals surface area contributed by atoms with Crippen LogP contribution in [0.15, 0.2) is 18.2 Å². The van der Waals surface area contributed by atoms with Crippen molar-refractivity contribution in [3.05, 3.63) is 33.9 Å². The van der Waals surface area contributed by atoms with Gasteiger partial charge in [-0.2, -0.15) is 0 Å². The molecule has 0 heterocycles. The van der Waals surface area contributed by atoms with E-state index in [4.69, 9.17) is 4.74 Å². The van der Waals surface area contributed by atoms with Crippen LogP contribution in [0.5, 0.6) is 5.75 Å². The van der Waals surface area contributed by atoms with Crippen LogP contribution < -0.4 is 15.4 Å². The summed E-state index contributed by atoms with van der Waals surface area (Å²) in [7, 11) is 1.41. The first kappa shape index (κ1) is 15.2. The number of rotatable bonds is 8. The van der Waals surface area contributed by atoms with Crippen LogP contribution in [0.25, 0.3) is 0 Å². The molecule has 0 aliphatic heterocycles. The van der Waals surface area contributed by atoms with Crippen molar-refractivity contribution < 1.29 is 14.5 Å². The molecule has 0 atom stereocenters. The predicted molar refractivity (Wildman–Crippen MR) is 77.1 cm³/mol. The molecular weight excluding hydrogens is 274 g/mol. The number of hydrogen-bond acceptors (Lipinski definition) is 5. The summed E-state index contributed by atoms with van der Waals surface area (Å²) >= 11 is 0. The zero-order valence-corrected chi connectivity index (χ0v) is 11.9. The molecule has 1 aromatic rings. The fraction of sp³-hybridized carbons (Fsp3) is 0.500. The van der Waals surface area contributed by atoms with E-state index in [-0.39, 0.29) is 23.3 Å². The lowest BCUT2D eigenvalue weighted by Crippen LogP contribution is -2.32. The molecule has 7 heteroatoms. The third-order valence-corrected chi connectivity index (χ3v) is 3.32. The van der Waals surface area contributed by atoms with E-state index in [1.165, 1.54) is 13.2 Å². The average Bonchev–Trinajstić information content (AvgIpc) is 3.31. The Hall–Kier alpha value is -2.15. The fourth-order valence-electron chi connectivity index (χ4n) is 1.98. The first-order valence-corrected chi connectivity index (χ1v) is 6.91. The van der Waals surface area contributed by atoms with Crippen LogP contribution in [0.4, 0.5) is 5.69 Å². The van der Waals surface area contributed by atoms with E-state index < -0.39 is 4.92 Å². The molecule has 1 aliphatic carbocycles. The highest BCUT2D eigenvalue weighted by molar-refractivity contribution is 5.80. The zero-order chi connectivity index (χ0) is 15.2. The summed E-state index contributed by atoms with van der Waals surface area (Å²) in [4.78, 5) is 21.9. The Kier molecular flexibility index (Phi) is 5.10. The summed E-state index contributed by atoms with van der Waals surface area (Å²) in [6.07, 6.45) is 1.99. The number of benzene rings is 1. The molecule has 1 saturated carbocycles. The Bertz CT molecular complexity index is 529. The van der Waals surface area contributed by atoms with Gasteiger partial charge in [-0.25, -0.2) is 0 Å². The van der Waals surface area contributed by atoms with Crippen LogP contribution >= 0.6 is 0 Å². The van der Waals surface area contributed by atoms with E-state index >= 15 is 0 Å². The molecule has 1 amide bonds. The van der Waals surface area contributed by atoms with Crippen LogP contribution in [0.3, 0.4) is 0 Å². The first-order chi connectivity index (χ1) is 10.1. The third kappa shape index (κ3) is 4.42. The first-order valence-electron chi connectivity index (χ1n) is 6.91. The lowest BCUT2D eigenvalue weighted by molar-refractivity contribution is -0.385. The standard InChI is InChI=1S/C14H19N3O4/c1-21-13-5-2-10(8-12(13)17(19)20)9-15-6-7-16-14(18)11-3-4-11/h2,5,8,11,15H,3-4,6-7,9H2,1H3,(H,16,18). The molecule has 114 valence electrons. The second-order valence-corrected chi connectivity index (χ2v) is 5.01. The van der Waals surface area contributed by atoms with E-state index in [0.717, 1.165) is 18.4 Å². The van der Waals surface area contributed by atoms with E-state index in [0.29, 0.717) is 19.6 Å². The quantitative estimate of drug-likeness (QED) is 0.427. The van der Waals surface area contributed by atoms with Gasteiger partial charge in [0.15, 0.2) is 5.75 Å². The third-order valence-electron chi connectivity index (χ3n) is 3.32. The minimum Gasteiger partial charge on any atom is -0.490 e. The summed E-state index contributed by atoms with van der Waals surface area (Å²) in [5, 5.41) is 16.9. The van der Waals surface area contributed by atoms with Gasteiger partial charge in [0.25, 0.3) is 0 Å². The van der Waals surface area contributed by atoms with Gasteiger partial charge in [0.1, 0.15) is 0 Å². The van der Waals surface area contributed by atoms with Crippen molar-refractivity contribution in [3.8, 4) is 5.75 Å². The largest absolute Gasteiger partial charge is 0.490 e. The zero-order valence-electron chi connectivity index (χ0n) is 11.9. The van der Waals surface area contributed by atoms with Gasteiger partial charge >= 0.3 is 5.69 Å². The smallest absolute Gasteiger partial charge is 0.311 e. The summed E-state index contributed by atoms with van der Waals surface area (Å²) in [5.74, 6) is 0.589. The minimum absolute atomic E-state index is 0.0427. The maximum absolute atomic E-state index is 11.4. The summed E-state index contributed by atoms with van der Waals surface area (Å²) in [6.45, 7) is 1.69. The second-order valence-electron chi connectivity index (χ2n) is 5.01. The molecule has 0 radical (unpaired) electrons. The highest BCUT2D eigenvalue weighted by atomic mass is 16.6. The van der Waals surface area contributed by atoms with Crippen molar-refractivity contribution in [1.82, 2.24) is 10.6 Å². The van der Waals surface area contributed by atoms with Gasteiger partial charge in [0, 0.05) is 31.6 Å². The number of nitrogens with zero attached hydrogens (tertiary/aromatic N) is 1. The number of carbonyl (C=O) groups is 1. The van der Waals surface area contributed by atoms with Gasteiger partial charge in [-0.1, -0.05) is 6.07 Å². The maximum Gasteiger partial charge on any atom is 0.311 e. The van der Waals surface area contributed by atoms with E-state index in [1.54, 1.807) is 12.1 Å². The summed E-state index contributed by atoms with van der Waals surface area (Å²) < 4.78 is 4.95. The molecule has 21 heavy (non-hydrogen) atoms. The van der Waals surface area contributed by atoms with Crippen LogP contribution in [-0.4, -0.2) is 31.0 Å². The van der Waals surface area contributed by atoms with Crippen molar-refractivity contribution in [1.29, 1.82) is 0 Å². The van der Waals surface area contributed by atoms with Gasteiger partial charge in [-0.15, -0.1) is 0 Å². The van der Waals surface area contributed by atoms with E-state index in [2.05, 4.69) is 10.6 Å². The molecule has 0 unspecified atom stereocenters. The molecule has 2 N–H and O–H groups in total. The van der Waals surface area contributed by atoms with Gasteiger partial charge in [0.2, 0.25) is 5.91 Å². The maximum atomic E-state index is 11.4. The summed E-state index contributed by atoms with van der Waals surface area (Å²) in [5.41, 5.74) is 0.759. The number of nitro groups is 1. The van der Waals surface area contributed by atoms with Gasteiger partial charge in [-0.3, -0.25) is 14.9 Å². The molecule has 2 rings (SSSR count). The highest BCUT2D eigenvalue weighted by Gasteiger charge is 2.28. The number of ether oxygens (including phenoxy) is 1.